The van der Waals surface area contributed by atoms with E-state index in [9.17, 15) is 10.5 Å². The number of rotatable bonds is 5. The van der Waals surface area contributed by atoms with Gasteiger partial charge in [0.05, 0.1) is 16.9 Å². The lowest BCUT2D eigenvalue weighted by atomic mass is 10.00. The molecule has 0 aliphatic carbocycles. The summed E-state index contributed by atoms with van der Waals surface area (Å²) in [5.41, 5.74) is 7.42. The standard InChI is InChI=1S/C25H20N6/c1-18-8-12-22(13-9-18)28-30-25(31-29-23-14-10-19(2)11-15-23)24(21(16-26)17-27)20-6-4-3-5-7-20/h3-15,28H,1-2H3/b30-25+,31-29?. The van der Waals surface area contributed by atoms with Crippen molar-refractivity contribution >= 4 is 22.8 Å². The number of hydrazone groups is 1. The molecule has 0 aliphatic heterocycles. The third kappa shape index (κ3) is 5.72. The number of azo groups is 1. The van der Waals surface area contributed by atoms with Crippen LogP contribution < -0.4 is 5.43 Å². The monoisotopic (exact) mass is 404 g/mol. The van der Waals surface area contributed by atoms with E-state index in [4.69, 9.17) is 0 Å². The van der Waals surface area contributed by atoms with E-state index >= 15 is 0 Å². The summed E-state index contributed by atoms with van der Waals surface area (Å²) < 4.78 is 0. The van der Waals surface area contributed by atoms with Crippen molar-refractivity contribution in [3.63, 3.8) is 0 Å². The third-order valence-corrected chi connectivity index (χ3v) is 4.40. The Labute approximate surface area is 181 Å². The number of amidine groups is 1. The minimum atomic E-state index is -0.0986. The van der Waals surface area contributed by atoms with Gasteiger partial charge in [0.2, 0.25) is 5.84 Å². The van der Waals surface area contributed by atoms with Crippen LogP contribution in [0.4, 0.5) is 11.4 Å². The molecular weight excluding hydrogens is 384 g/mol. The zero-order valence-corrected chi connectivity index (χ0v) is 17.2. The Morgan fingerprint density at radius 3 is 1.94 bits per heavy atom. The number of benzene rings is 3. The van der Waals surface area contributed by atoms with Crippen LogP contribution in [0.1, 0.15) is 16.7 Å². The molecule has 0 amide bonds. The molecule has 0 saturated carbocycles. The zero-order chi connectivity index (χ0) is 22.1. The molecule has 0 spiro atoms. The first-order valence-corrected chi connectivity index (χ1v) is 9.60. The van der Waals surface area contributed by atoms with E-state index in [1.807, 2.05) is 92.7 Å². The van der Waals surface area contributed by atoms with Gasteiger partial charge in [-0.1, -0.05) is 65.7 Å². The van der Waals surface area contributed by atoms with Crippen LogP contribution in [0.25, 0.3) is 5.57 Å². The highest BCUT2D eigenvalue weighted by atomic mass is 15.3. The van der Waals surface area contributed by atoms with Gasteiger partial charge in [0.1, 0.15) is 17.7 Å². The molecule has 0 unspecified atom stereocenters. The number of nitriles is 2. The topological polar surface area (TPSA) is 96.7 Å². The SMILES string of the molecule is Cc1ccc(N=N/C(=N/Nc2ccc(C)cc2)C(=C(C#N)C#N)c2ccccc2)cc1. The van der Waals surface area contributed by atoms with Gasteiger partial charge in [-0.15, -0.1) is 10.2 Å². The van der Waals surface area contributed by atoms with E-state index in [0.29, 0.717) is 16.8 Å². The number of nitrogens with zero attached hydrogens (tertiary/aromatic N) is 5. The van der Waals surface area contributed by atoms with Gasteiger partial charge in [0, 0.05) is 0 Å². The molecule has 0 bridgehead atoms. The normalized spacial score (nSPS) is 10.9. The second-order valence-electron chi connectivity index (χ2n) is 6.79. The largest absolute Gasteiger partial charge is 0.276 e. The van der Waals surface area contributed by atoms with E-state index in [1.165, 1.54) is 0 Å². The Morgan fingerprint density at radius 2 is 1.35 bits per heavy atom. The lowest BCUT2D eigenvalue weighted by Gasteiger charge is -2.08. The minimum Gasteiger partial charge on any atom is -0.276 e. The first-order valence-electron chi connectivity index (χ1n) is 9.60. The van der Waals surface area contributed by atoms with Gasteiger partial charge in [-0.05, 0) is 43.7 Å². The predicted molar refractivity (Wildman–Crippen MR) is 123 cm³/mol. The molecule has 0 fully saturated rings. The van der Waals surface area contributed by atoms with E-state index in [-0.39, 0.29) is 11.4 Å². The number of nitrogens with one attached hydrogen (secondary N) is 1. The van der Waals surface area contributed by atoms with Gasteiger partial charge in [0.15, 0.2) is 0 Å². The van der Waals surface area contributed by atoms with Crippen molar-refractivity contribution in [1.29, 1.82) is 10.5 Å². The van der Waals surface area contributed by atoms with Crippen molar-refractivity contribution in [2.75, 3.05) is 5.43 Å². The number of aryl methyl sites for hydroxylation is 2. The highest BCUT2D eigenvalue weighted by molar-refractivity contribution is 6.25. The molecule has 0 radical (unpaired) electrons. The summed E-state index contributed by atoms with van der Waals surface area (Å²) in [6, 6.07) is 28.2. The lowest BCUT2D eigenvalue weighted by Crippen LogP contribution is -2.05. The summed E-state index contributed by atoms with van der Waals surface area (Å²) in [5, 5.41) is 32.1. The van der Waals surface area contributed by atoms with Crippen LogP contribution in [0.5, 0.6) is 0 Å². The summed E-state index contributed by atoms with van der Waals surface area (Å²) in [4.78, 5) is 0. The van der Waals surface area contributed by atoms with Crippen molar-refractivity contribution in [3.8, 4) is 12.1 Å². The molecule has 3 rings (SSSR count). The lowest BCUT2D eigenvalue weighted by molar-refractivity contribution is 1.23. The Hall–Kier alpha value is -4.55. The zero-order valence-electron chi connectivity index (χ0n) is 17.2. The third-order valence-electron chi connectivity index (χ3n) is 4.40. The predicted octanol–water partition coefficient (Wildman–Crippen LogP) is 6.31. The van der Waals surface area contributed by atoms with Gasteiger partial charge in [-0.25, -0.2) is 0 Å². The maximum Gasteiger partial charge on any atom is 0.203 e. The van der Waals surface area contributed by atoms with Gasteiger partial charge in [-0.3, -0.25) is 5.43 Å². The van der Waals surface area contributed by atoms with Crippen molar-refractivity contribution in [3.05, 3.63) is 101 Å². The molecule has 31 heavy (non-hydrogen) atoms. The van der Waals surface area contributed by atoms with Crippen LogP contribution in [0, 0.1) is 36.5 Å². The van der Waals surface area contributed by atoms with Crippen molar-refractivity contribution in [2.24, 2.45) is 15.3 Å². The van der Waals surface area contributed by atoms with Crippen LogP contribution in [0.15, 0.2) is 99.8 Å². The van der Waals surface area contributed by atoms with Gasteiger partial charge in [-0.2, -0.15) is 15.6 Å². The minimum absolute atomic E-state index is 0.0986. The molecule has 6 heteroatoms. The quantitative estimate of drug-likeness (QED) is 0.177. The average Bonchev–Trinajstić information content (AvgIpc) is 2.81. The molecule has 0 heterocycles. The van der Waals surface area contributed by atoms with Crippen LogP contribution in [0.3, 0.4) is 0 Å². The number of allylic oxidation sites excluding steroid dienone is 1. The van der Waals surface area contributed by atoms with E-state index in [2.05, 4.69) is 20.8 Å². The number of hydrogen-bond acceptors (Lipinski definition) is 5. The van der Waals surface area contributed by atoms with E-state index in [1.54, 1.807) is 12.1 Å². The van der Waals surface area contributed by atoms with Crippen LogP contribution >= 0.6 is 0 Å². The first-order chi connectivity index (χ1) is 15.1. The molecule has 0 atom stereocenters. The highest BCUT2D eigenvalue weighted by Crippen LogP contribution is 2.23. The smallest absolute Gasteiger partial charge is 0.203 e. The fraction of sp³-hybridized carbons (Fsp3) is 0.0800. The number of anilines is 1. The molecular formula is C25H20N6. The summed E-state index contributed by atoms with van der Waals surface area (Å²) in [7, 11) is 0. The van der Waals surface area contributed by atoms with E-state index in [0.717, 1.165) is 16.8 Å². The van der Waals surface area contributed by atoms with Crippen molar-refractivity contribution in [2.45, 2.75) is 13.8 Å². The molecule has 3 aromatic carbocycles. The molecule has 1 N–H and O–H groups in total. The van der Waals surface area contributed by atoms with Gasteiger partial charge < -0.3 is 0 Å². The van der Waals surface area contributed by atoms with Crippen LogP contribution in [-0.2, 0) is 0 Å². The molecule has 6 nitrogen and oxygen atoms in total. The molecule has 3 aromatic rings. The molecule has 150 valence electrons. The average molecular weight is 404 g/mol. The van der Waals surface area contributed by atoms with E-state index < -0.39 is 0 Å². The van der Waals surface area contributed by atoms with Gasteiger partial charge >= 0.3 is 0 Å². The fourth-order valence-electron chi connectivity index (χ4n) is 2.72. The summed E-state index contributed by atoms with van der Waals surface area (Å²) >= 11 is 0. The summed E-state index contributed by atoms with van der Waals surface area (Å²) in [6.07, 6.45) is 0. The maximum absolute atomic E-state index is 9.56. The first kappa shape index (κ1) is 21.2. The Kier molecular flexibility index (Phi) is 7.03. The summed E-state index contributed by atoms with van der Waals surface area (Å²) in [5.74, 6) is 0.130. The van der Waals surface area contributed by atoms with Crippen LogP contribution in [-0.4, -0.2) is 5.84 Å². The second-order valence-corrected chi connectivity index (χ2v) is 6.79. The van der Waals surface area contributed by atoms with Crippen LogP contribution in [0.2, 0.25) is 0 Å². The maximum atomic E-state index is 9.56. The fourth-order valence-corrected chi connectivity index (χ4v) is 2.72. The van der Waals surface area contributed by atoms with Crippen molar-refractivity contribution < 1.29 is 0 Å². The van der Waals surface area contributed by atoms with Crippen molar-refractivity contribution in [1.82, 2.24) is 0 Å². The highest BCUT2D eigenvalue weighted by Gasteiger charge is 2.17. The van der Waals surface area contributed by atoms with Gasteiger partial charge in [0.25, 0.3) is 0 Å². The Bertz CT molecular complexity index is 1190. The molecule has 0 aromatic heterocycles. The molecule has 0 saturated heterocycles. The second kappa shape index (κ2) is 10.3. The summed E-state index contributed by atoms with van der Waals surface area (Å²) in [6.45, 7) is 3.98. The Balaban J connectivity index is 2.10. The molecule has 0 aliphatic rings. The Morgan fingerprint density at radius 1 is 0.774 bits per heavy atom. The number of hydrogen-bond donors (Lipinski definition) is 1.